The molecule has 0 amide bonds. The molecule has 0 radical (unpaired) electrons. The number of nitrogens with zero attached hydrogens (tertiary/aromatic N) is 1. The zero-order valence-electron chi connectivity index (χ0n) is 61.1. The molecule has 7 heteroatoms. The fourth-order valence-corrected chi connectivity index (χ4v) is 18.9. The van der Waals surface area contributed by atoms with Gasteiger partial charge in [0, 0.05) is 76.7 Å². The van der Waals surface area contributed by atoms with E-state index in [0.29, 0.717) is 0 Å². The molecule has 1 N–H and O–H groups in total. The Morgan fingerprint density at radius 1 is 0.239 bits per heavy atom. The molecule has 18 aromatic carbocycles. The average molecular weight is 1510 g/mol. The quantitative estimate of drug-likeness (QED) is 0.172. The third-order valence-corrected chi connectivity index (χ3v) is 23.8. The number of hydrogen-bond acceptors (Lipinski definition) is 6. The summed E-state index contributed by atoms with van der Waals surface area (Å²) in [6.45, 7) is 0. The van der Waals surface area contributed by atoms with Crippen LogP contribution in [0.4, 0.5) is 28.4 Å². The largest absolute Gasteiger partial charge is 0.457 e. The van der Waals surface area contributed by atoms with Crippen molar-refractivity contribution in [2.45, 2.75) is 10.8 Å². The third-order valence-electron chi connectivity index (χ3n) is 23.3. The number of hydrogen-bond donors (Lipinski definition) is 1. The summed E-state index contributed by atoms with van der Waals surface area (Å²) in [7, 11) is 0. The number of nitrogens with one attached hydrogen (secondary N) is 1. The molecular weight excluding hydrogens is 1450 g/mol. The van der Waals surface area contributed by atoms with Crippen molar-refractivity contribution in [1.82, 2.24) is 0 Å². The maximum atomic E-state index is 6.67. The van der Waals surface area contributed by atoms with Crippen molar-refractivity contribution in [3.63, 3.8) is 0 Å². The van der Waals surface area contributed by atoms with E-state index >= 15 is 0 Å². The Hall–Kier alpha value is -14.2. The van der Waals surface area contributed by atoms with Crippen LogP contribution < -0.4 is 19.7 Å². The van der Waals surface area contributed by atoms with Gasteiger partial charge < -0.3 is 28.5 Å². The molecule has 113 heavy (non-hydrogen) atoms. The van der Waals surface area contributed by atoms with Crippen LogP contribution in [-0.2, 0) is 10.8 Å². The van der Waals surface area contributed by atoms with Gasteiger partial charge in [-0.1, -0.05) is 271 Å². The van der Waals surface area contributed by atoms with E-state index in [1.807, 2.05) is 48.5 Å². The minimum Gasteiger partial charge on any atom is -0.457 e. The Kier molecular flexibility index (Phi) is 15.4. The molecule has 0 bridgehead atoms. The number of halogens is 1. The highest BCUT2D eigenvalue weighted by molar-refractivity contribution is 9.10. The number of ether oxygens (including phenoxy) is 2. The van der Waals surface area contributed by atoms with Crippen LogP contribution in [0.2, 0.25) is 0 Å². The second-order valence-electron chi connectivity index (χ2n) is 29.4. The summed E-state index contributed by atoms with van der Waals surface area (Å²) in [6.07, 6.45) is 0. The predicted molar refractivity (Wildman–Crippen MR) is 467 cm³/mol. The van der Waals surface area contributed by atoms with E-state index in [2.05, 4.69) is 378 Å². The molecule has 4 heterocycles. The Morgan fingerprint density at radius 2 is 0.602 bits per heavy atom. The van der Waals surface area contributed by atoms with Gasteiger partial charge in [0.15, 0.2) is 0 Å². The van der Waals surface area contributed by atoms with Crippen LogP contribution in [0.3, 0.4) is 0 Å². The van der Waals surface area contributed by atoms with E-state index in [-0.39, 0.29) is 0 Å². The zero-order chi connectivity index (χ0) is 74.7. The molecule has 0 fully saturated rings. The molecule has 24 rings (SSSR count). The molecule has 2 aliphatic heterocycles. The Balaban J connectivity index is 0.000000115. The number of fused-ring (bicyclic) bond motifs is 26. The van der Waals surface area contributed by atoms with E-state index in [1.165, 1.54) is 93.7 Å². The van der Waals surface area contributed by atoms with E-state index in [1.54, 1.807) is 0 Å². The van der Waals surface area contributed by atoms with Crippen LogP contribution in [0.5, 0.6) is 23.0 Å². The predicted octanol–water partition coefficient (Wildman–Crippen LogP) is 29.4. The first-order valence-corrected chi connectivity index (χ1v) is 39.1. The van der Waals surface area contributed by atoms with Gasteiger partial charge in [-0.05, 0) is 234 Å². The van der Waals surface area contributed by atoms with Crippen molar-refractivity contribution in [1.29, 1.82) is 0 Å². The number of para-hydroxylation sites is 8. The minimum absolute atomic E-state index is 0.413. The van der Waals surface area contributed by atoms with Crippen LogP contribution in [0.25, 0.3) is 110 Å². The van der Waals surface area contributed by atoms with E-state index in [9.17, 15) is 0 Å². The molecule has 2 spiro atoms. The lowest BCUT2D eigenvalue weighted by molar-refractivity contribution is 0.436. The van der Waals surface area contributed by atoms with Gasteiger partial charge >= 0.3 is 0 Å². The van der Waals surface area contributed by atoms with Crippen LogP contribution in [0, 0.1) is 0 Å². The summed E-state index contributed by atoms with van der Waals surface area (Å²) in [5.74, 6) is 3.63. The maximum absolute atomic E-state index is 6.67. The van der Waals surface area contributed by atoms with Crippen molar-refractivity contribution in [2.24, 2.45) is 0 Å². The van der Waals surface area contributed by atoms with Crippen molar-refractivity contribution in [3.05, 3.63) is 449 Å². The lowest BCUT2D eigenvalue weighted by atomic mass is 9.66. The van der Waals surface area contributed by atoms with Gasteiger partial charge in [-0.25, -0.2) is 0 Å². The number of benzene rings is 18. The molecule has 0 atom stereocenters. The van der Waals surface area contributed by atoms with E-state index in [0.717, 1.165) is 117 Å². The smallest absolute Gasteiger partial charge is 0.136 e. The van der Waals surface area contributed by atoms with Gasteiger partial charge in [0.05, 0.1) is 10.8 Å². The normalized spacial score (nSPS) is 13.1. The summed E-state index contributed by atoms with van der Waals surface area (Å²) < 4.78 is 26.4. The highest BCUT2D eigenvalue weighted by Gasteiger charge is 2.53. The minimum atomic E-state index is -0.589. The highest BCUT2D eigenvalue weighted by atomic mass is 79.9. The maximum Gasteiger partial charge on any atom is 0.136 e. The Bertz CT molecular complexity index is 7090. The molecular formula is C106H67BrN2O4. The molecule has 6 nitrogen and oxygen atoms in total. The average Bonchev–Trinajstić information content (AvgIpc) is 1.53. The highest BCUT2D eigenvalue weighted by Crippen LogP contribution is 2.65. The van der Waals surface area contributed by atoms with Gasteiger partial charge in [0.2, 0.25) is 0 Å². The number of furan rings is 2. The molecule has 0 saturated heterocycles. The summed E-state index contributed by atoms with van der Waals surface area (Å²) >= 11 is 3.75. The van der Waals surface area contributed by atoms with Crippen molar-refractivity contribution < 1.29 is 18.3 Å². The van der Waals surface area contributed by atoms with E-state index < -0.39 is 10.8 Å². The molecule has 4 aliphatic rings. The molecule has 2 aliphatic carbocycles. The summed E-state index contributed by atoms with van der Waals surface area (Å²) in [5.41, 5.74) is 27.7. The Morgan fingerprint density at radius 3 is 1.10 bits per heavy atom. The summed E-state index contributed by atoms with van der Waals surface area (Å²) in [4.78, 5) is 2.38. The van der Waals surface area contributed by atoms with Gasteiger partial charge in [-0.2, -0.15) is 0 Å². The van der Waals surface area contributed by atoms with Gasteiger partial charge in [-0.3, -0.25) is 0 Å². The monoisotopic (exact) mass is 1510 g/mol. The second-order valence-corrected chi connectivity index (χ2v) is 30.4. The van der Waals surface area contributed by atoms with E-state index in [4.69, 9.17) is 18.3 Å². The van der Waals surface area contributed by atoms with Crippen LogP contribution in [0.15, 0.2) is 414 Å². The van der Waals surface area contributed by atoms with Gasteiger partial charge in [-0.15, -0.1) is 0 Å². The zero-order valence-corrected chi connectivity index (χ0v) is 62.6. The molecule has 532 valence electrons. The summed E-state index contributed by atoms with van der Waals surface area (Å²) in [6, 6.07) is 142. The third kappa shape index (κ3) is 10.5. The molecule has 20 aromatic rings. The fourth-order valence-electron chi connectivity index (χ4n) is 18.5. The first-order valence-electron chi connectivity index (χ1n) is 38.3. The van der Waals surface area contributed by atoms with Crippen LogP contribution in [0.1, 0.15) is 44.5 Å². The van der Waals surface area contributed by atoms with Gasteiger partial charge in [0.25, 0.3) is 0 Å². The second kappa shape index (κ2) is 26.5. The number of anilines is 5. The lowest BCUT2D eigenvalue weighted by Crippen LogP contribution is -2.32. The summed E-state index contributed by atoms with van der Waals surface area (Å²) in [5, 5.41) is 13.0. The number of rotatable bonds is 7. The lowest BCUT2D eigenvalue weighted by Gasteiger charge is -2.39. The van der Waals surface area contributed by atoms with Crippen LogP contribution >= 0.6 is 15.9 Å². The molecule has 0 unspecified atom stereocenters. The Labute approximate surface area is 661 Å². The SMILES string of the molecule is Brc1ccc2c(c1)C1(c3ccccc3Oc3ccccc31)c1cc3ccccc3cc1-2.c1ccc(N(c2ccc(-c3cccc4oc5ccccc5c34)cc2)c2ccc3c(c2)C2(c4ccccc4Oc4ccccc42)c2cc4ccccc4cc2-3)cc1.c1ccc(Nc2ccc(-c3cccc4oc5ccccc5c34)cc2)cc1. The first kappa shape index (κ1) is 65.8. The van der Waals surface area contributed by atoms with Gasteiger partial charge in [0.1, 0.15) is 45.3 Å². The molecule has 0 saturated carbocycles. The van der Waals surface area contributed by atoms with Crippen molar-refractivity contribution in [2.75, 3.05) is 10.2 Å². The molecule has 2 aromatic heterocycles. The first-order chi connectivity index (χ1) is 55.9. The standard InChI is InChI=1S/C53H33NO2.C29H17BrO.C24H17NO/c1-2-15-37(16-3-1)54(38-27-25-34(26-28-38)40-18-12-24-51-52(40)42-17-6-9-21-48(42)55-51)39-29-30-41-43-31-35-13-4-5-14-36(35)32-46(43)53(47(41)33-39)44-19-7-10-22-49(44)56-50-23-11-8-20-45(50)53;30-20-13-14-21-22-15-18-7-1-2-8-19(18)16-25(22)29(26(21)17-20)23-9-3-5-11-27(23)31-28-12-6-4-10-24(28)29;1-2-7-18(8-3-1)25-19-15-13-17(14-16-19)20-10-6-12-23-24(20)21-9-4-5-11-22(21)26-23/h1-33H;1-17H;1-16,25H. The van der Waals surface area contributed by atoms with Crippen molar-refractivity contribution in [3.8, 4) is 67.5 Å². The topological polar surface area (TPSA) is 60.0 Å². The van der Waals surface area contributed by atoms with Crippen molar-refractivity contribution >= 4 is 110 Å². The fraction of sp³-hybridized carbons (Fsp3) is 0.0189. The van der Waals surface area contributed by atoms with Crippen LogP contribution in [-0.4, -0.2) is 0 Å².